The van der Waals surface area contributed by atoms with Gasteiger partial charge in [-0.2, -0.15) is 0 Å². The molecule has 2 heterocycles. The van der Waals surface area contributed by atoms with Crippen LogP contribution in [0.1, 0.15) is 40.4 Å². The number of aryl methyl sites for hydroxylation is 1. The molecule has 0 aromatic heterocycles. The van der Waals surface area contributed by atoms with Gasteiger partial charge in [0.1, 0.15) is 19.0 Å². The molecule has 0 saturated carbocycles. The van der Waals surface area contributed by atoms with Crippen molar-refractivity contribution in [3.05, 3.63) is 58.9 Å². The molecule has 1 saturated heterocycles. The highest BCUT2D eigenvalue weighted by Crippen LogP contribution is 2.38. The third-order valence-corrected chi connectivity index (χ3v) is 4.88. The minimum absolute atomic E-state index is 0.0207. The second-order valence-electron chi connectivity index (χ2n) is 6.52. The molecule has 0 bridgehead atoms. The first-order valence-corrected chi connectivity index (χ1v) is 8.60. The number of hydrogen-bond donors (Lipinski definition) is 0. The van der Waals surface area contributed by atoms with Crippen LogP contribution in [0.5, 0.6) is 11.5 Å². The number of carbonyl (C=O) groups is 1. The Morgan fingerprint density at radius 2 is 1.92 bits per heavy atom. The van der Waals surface area contributed by atoms with Gasteiger partial charge in [-0.1, -0.05) is 12.1 Å². The van der Waals surface area contributed by atoms with Crippen LogP contribution in [-0.2, 0) is 0 Å². The van der Waals surface area contributed by atoms with E-state index in [1.165, 1.54) is 6.07 Å². The van der Waals surface area contributed by atoms with E-state index in [-0.39, 0.29) is 17.8 Å². The Balaban J connectivity index is 1.61. The van der Waals surface area contributed by atoms with Gasteiger partial charge in [0.25, 0.3) is 5.91 Å². The number of ether oxygens (including phenoxy) is 2. The topological polar surface area (TPSA) is 38.8 Å². The van der Waals surface area contributed by atoms with E-state index in [1.54, 1.807) is 19.1 Å². The van der Waals surface area contributed by atoms with E-state index in [0.717, 1.165) is 29.9 Å². The minimum Gasteiger partial charge on any atom is -0.486 e. The van der Waals surface area contributed by atoms with Crippen molar-refractivity contribution in [2.75, 3.05) is 19.8 Å². The summed E-state index contributed by atoms with van der Waals surface area (Å²) >= 11 is 0. The van der Waals surface area contributed by atoms with Gasteiger partial charge in [-0.15, -0.1) is 0 Å². The maximum absolute atomic E-state index is 13.8. The number of hydrogen-bond acceptors (Lipinski definition) is 3. The summed E-state index contributed by atoms with van der Waals surface area (Å²) in [4.78, 5) is 14.7. The van der Waals surface area contributed by atoms with E-state index in [0.29, 0.717) is 30.9 Å². The summed E-state index contributed by atoms with van der Waals surface area (Å²) < 4.78 is 25.1. The Kier molecular flexibility index (Phi) is 4.07. The SMILES string of the molecule is Cc1ccc(C(=O)N2CCCC2c2ccc3c(c2)OCCO3)cc1F. The Hall–Kier alpha value is -2.56. The number of benzene rings is 2. The summed E-state index contributed by atoms with van der Waals surface area (Å²) in [6.45, 7) is 3.46. The first-order valence-electron chi connectivity index (χ1n) is 8.60. The monoisotopic (exact) mass is 341 g/mol. The Labute approximate surface area is 146 Å². The van der Waals surface area contributed by atoms with Gasteiger partial charge in [-0.05, 0) is 55.2 Å². The molecule has 0 aliphatic carbocycles. The quantitative estimate of drug-likeness (QED) is 0.832. The lowest BCUT2D eigenvalue weighted by Crippen LogP contribution is -2.30. The van der Waals surface area contributed by atoms with Crippen LogP contribution in [0.3, 0.4) is 0 Å². The molecule has 1 unspecified atom stereocenters. The van der Waals surface area contributed by atoms with Crippen molar-refractivity contribution in [3.63, 3.8) is 0 Å². The van der Waals surface area contributed by atoms with Crippen LogP contribution >= 0.6 is 0 Å². The fourth-order valence-corrected chi connectivity index (χ4v) is 3.52. The molecular weight excluding hydrogens is 321 g/mol. The van der Waals surface area contributed by atoms with Crippen LogP contribution < -0.4 is 9.47 Å². The third kappa shape index (κ3) is 2.95. The van der Waals surface area contributed by atoms with Gasteiger partial charge in [0.2, 0.25) is 0 Å². The molecule has 5 heteroatoms. The first-order chi connectivity index (χ1) is 12.1. The second kappa shape index (κ2) is 6.39. The molecule has 0 radical (unpaired) electrons. The average molecular weight is 341 g/mol. The van der Waals surface area contributed by atoms with Crippen LogP contribution in [0, 0.1) is 12.7 Å². The molecule has 2 aliphatic rings. The zero-order valence-electron chi connectivity index (χ0n) is 14.1. The standard InChI is InChI=1S/C20H20FNO3/c1-13-4-5-15(11-16(13)21)20(23)22-8-2-3-17(22)14-6-7-18-19(12-14)25-10-9-24-18/h4-7,11-12,17H,2-3,8-10H2,1H3. The zero-order valence-corrected chi connectivity index (χ0v) is 14.1. The predicted octanol–water partition coefficient (Wildman–Crippen LogP) is 3.88. The van der Waals surface area contributed by atoms with Gasteiger partial charge in [0.15, 0.2) is 11.5 Å². The van der Waals surface area contributed by atoms with Crippen molar-refractivity contribution >= 4 is 5.91 Å². The smallest absolute Gasteiger partial charge is 0.254 e. The van der Waals surface area contributed by atoms with E-state index in [4.69, 9.17) is 9.47 Å². The lowest BCUT2D eigenvalue weighted by molar-refractivity contribution is 0.0734. The summed E-state index contributed by atoms with van der Waals surface area (Å²) in [7, 11) is 0. The molecule has 1 atom stereocenters. The van der Waals surface area contributed by atoms with Gasteiger partial charge >= 0.3 is 0 Å². The molecule has 2 aromatic rings. The van der Waals surface area contributed by atoms with Crippen LogP contribution in [-0.4, -0.2) is 30.6 Å². The molecule has 0 N–H and O–H groups in total. The molecular formula is C20H20FNO3. The number of amides is 1. The van der Waals surface area contributed by atoms with Crippen molar-refractivity contribution in [1.29, 1.82) is 0 Å². The van der Waals surface area contributed by atoms with E-state index in [1.807, 2.05) is 23.1 Å². The lowest BCUT2D eigenvalue weighted by atomic mass is 10.0. The number of carbonyl (C=O) groups excluding carboxylic acids is 1. The van der Waals surface area contributed by atoms with Gasteiger partial charge in [-0.3, -0.25) is 4.79 Å². The van der Waals surface area contributed by atoms with Crippen molar-refractivity contribution in [2.24, 2.45) is 0 Å². The molecule has 25 heavy (non-hydrogen) atoms. The highest BCUT2D eigenvalue weighted by atomic mass is 19.1. The molecule has 4 nitrogen and oxygen atoms in total. The largest absolute Gasteiger partial charge is 0.486 e. The summed E-state index contributed by atoms with van der Waals surface area (Å²) in [6.07, 6.45) is 1.82. The van der Waals surface area contributed by atoms with E-state index < -0.39 is 0 Å². The Morgan fingerprint density at radius 1 is 1.12 bits per heavy atom. The van der Waals surface area contributed by atoms with Gasteiger partial charge in [0.05, 0.1) is 6.04 Å². The highest BCUT2D eigenvalue weighted by Gasteiger charge is 2.31. The van der Waals surface area contributed by atoms with E-state index in [2.05, 4.69) is 0 Å². The molecule has 130 valence electrons. The van der Waals surface area contributed by atoms with Crippen molar-refractivity contribution in [1.82, 2.24) is 4.90 Å². The predicted molar refractivity (Wildman–Crippen MR) is 91.6 cm³/mol. The van der Waals surface area contributed by atoms with E-state index >= 15 is 0 Å². The summed E-state index contributed by atoms with van der Waals surface area (Å²) in [5, 5.41) is 0. The normalized spacial score (nSPS) is 19.1. The maximum atomic E-state index is 13.8. The lowest BCUT2D eigenvalue weighted by Gasteiger charge is -2.27. The fraction of sp³-hybridized carbons (Fsp3) is 0.350. The van der Waals surface area contributed by atoms with Crippen LogP contribution in [0.4, 0.5) is 4.39 Å². The fourth-order valence-electron chi connectivity index (χ4n) is 3.52. The van der Waals surface area contributed by atoms with Crippen molar-refractivity contribution in [3.8, 4) is 11.5 Å². The second-order valence-corrected chi connectivity index (χ2v) is 6.52. The van der Waals surface area contributed by atoms with Gasteiger partial charge in [-0.25, -0.2) is 4.39 Å². The molecule has 0 spiro atoms. The summed E-state index contributed by atoms with van der Waals surface area (Å²) in [5.74, 6) is 0.994. The summed E-state index contributed by atoms with van der Waals surface area (Å²) in [5.41, 5.74) is 1.97. The van der Waals surface area contributed by atoms with Crippen molar-refractivity contribution in [2.45, 2.75) is 25.8 Å². The zero-order chi connectivity index (χ0) is 17.4. The Morgan fingerprint density at radius 3 is 2.72 bits per heavy atom. The van der Waals surface area contributed by atoms with Gasteiger partial charge < -0.3 is 14.4 Å². The highest BCUT2D eigenvalue weighted by molar-refractivity contribution is 5.94. The van der Waals surface area contributed by atoms with Crippen molar-refractivity contribution < 1.29 is 18.7 Å². The molecule has 1 amide bonds. The molecule has 2 aromatic carbocycles. The van der Waals surface area contributed by atoms with Crippen LogP contribution in [0.25, 0.3) is 0 Å². The number of nitrogens with zero attached hydrogens (tertiary/aromatic N) is 1. The average Bonchev–Trinajstić information content (AvgIpc) is 3.12. The molecule has 4 rings (SSSR count). The first kappa shape index (κ1) is 15.9. The van der Waals surface area contributed by atoms with Crippen LogP contribution in [0.2, 0.25) is 0 Å². The molecule has 1 fully saturated rings. The third-order valence-electron chi connectivity index (χ3n) is 4.88. The number of rotatable bonds is 2. The molecule has 2 aliphatic heterocycles. The van der Waals surface area contributed by atoms with Crippen LogP contribution in [0.15, 0.2) is 36.4 Å². The Bertz CT molecular complexity index is 821. The number of likely N-dealkylation sites (tertiary alicyclic amines) is 1. The number of halogens is 1. The van der Waals surface area contributed by atoms with E-state index in [9.17, 15) is 9.18 Å². The summed E-state index contributed by atoms with van der Waals surface area (Å²) in [6, 6.07) is 10.5. The minimum atomic E-state index is -0.346. The van der Waals surface area contributed by atoms with Gasteiger partial charge in [0, 0.05) is 12.1 Å². The number of fused-ring (bicyclic) bond motifs is 1. The maximum Gasteiger partial charge on any atom is 0.254 e.